The Hall–Kier alpha value is -2.37. The topological polar surface area (TPSA) is 68.7 Å². The van der Waals surface area contributed by atoms with E-state index in [1.807, 2.05) is 24.3 Å². The first kappa shape index (κ1) is 16.5. The lowest BCUT2D eigenvalue weighted by molar-refractivity contribution is 0.301. The van der Waals surface area contributed by atoms with E-state index in [-0.39, 0.29) is 24.0 Å². The minimum absolute atomic E-state index is 0. The average molecular weight is 344 g/mol. The van der Waals surface area contributed by atoms with Crippen LogP contribution in [0.5, 0.6) is 5.88 Å². The lowest BCUT2D eigenvalue weighted by Gasteiger charge is -2.11. The van der Waals surface area contributed by atoms with Gasteiger partial charge in [-0.3, -0.25) is 4.90 Å². The third-order valence-corrected chi connectivity index (χ3v) is 4.66. The number of H-pyrrole nitrogens is 1. The second-order valence-corrected chi connectivity index (χ2v) is 5.89. The van der Waals surface area contributed by atoms with Crippen LogP contribution in [0.25, 0.3) is 22.0 Å². The maximum absolute atomic E-state index is 11.1. The van der Waals surface area contributed by atoms with Gasteiger partial charge in [0.1, 0.15) is 0 Å². The number of aromatic amines is 1. The van der Waals surface area contributed by atoms with Gasteiger partial charge in [-0.15, -0.1) is 17.3 Å². The molecule has 24 heavy (non-hydrogen) atoms. The molecule has 1 aliphatic heterocycles. The molecule has 2 heterocycles. The molecule has 124 valence electrons. The molecule has 1 aliphatic rings. The van der Waals surface area contributed by atoms with E-state index in [1.165, 1.54) is 5.56 Å². The number of hydrogen-bond acceptors (Lipinski definition) is 4. The van der Waals surface area contributed by atoms with E-state index in [0.717, 1.165) is 41.8 Å². The van der Waals surface area contributed by atoms with Gasteiger partial charge in [-0.05, 0) is 40.0 Å². The summed E-state index contributed by atoms with van der Waals surface area (Å²) in [4.78, 5) is 16.4. The Bertz CT molecular complexity index is 906. The van der Waals surface area contributed by atoms with Crippen molar-refractivity contribution >= 4 is 29.0 Å². The van der Waals surface area contributed by atoms with Crippen molar-refractivity contribution < 1.29 is 5.11 Å². The lowest BCUT2D eigenvalue weighted by atomic mass is 9.94. The van der Waals surface area contributed by atoms with Gasteiger partial charge in [0.05, 0.1) is 5.52 Å². The summed E-state index contributed by atoms with van der Waals surface area (Å²) < 4.78 is 0. The number of aromatic nitrogens is 1. The molecule has 0 aliphatic carbocycles. The maximum atomic E-state index is 11.1. The van der Waals surface area contributed by atoms with E-state index in [2.05, 4.69) is 34.1 Å². The number of halogens is 1. The van der Waals surface area contributed by atoms with Crippen LogP contribution in [0.2, 0.25) is 0 Å². The fourth-order valence-corrected chi connectivity index (χ4v) is 3.46. The van der Waals surface area contributed by atoms with Gasteiger partial charge in [0, 0.05) is 18.5 Å². The molecule has 4 rings (SSSR count). The largest absolute Gasteiger partial charge is 0.493 e. The predicted octanol–water partition coefficient (Wildman–Crippen LogP) is 4.70. The summed E-state index contributed by atoms with van der Waals surface area (Å²) in [6.45, 7) is 4.77. The first-order valence-electron chi connectivity index (χ1n) is 7.73. The molecule has 2 aromatic carbocycles. The molecule has 0 atom stereocenters. The van der Waals surface area contributed by atoms with Crippen molar-refractivity contribution in [3.05, 3.63) is 52.4 Å². The van der Waals surface area contributed by atoms with E-state index in [0.29, 0.717) is 5.39 Å². The highest BCUT2D eigenvalue weighted by Gasteiger charge is 2.27. The smallest absolute Gasteiger partial charge is 0.219 e. The van der Waals surface area contributed by atoms with E-state index < -0.39 is 0 Å². The fourth-order valence-electron chi connectivity index (χ4n) is 3.46. The van der Waals surface area contributed by atoms with Crippen LogP contribution in [0.15, 0.2) is 41.6 Å². The van der Waals surface area contributed by atoms with Gasteiger partial charge >= 0.3 is 0 Å². The predicted molar refractivity (Wildman–Crippen MR) is 97.9 cm³/mol. The number of hydrogen-bond donors (Lipinski definition) is 2. The van der Waals surface area contributed by atoms with E-state index in [4.69, 9.17) is 0 Å². The minimum atomic E-state index is -0.155. The highest BCUT2D eigenvalue weighted by Crippen LogP contribution is 2.44. The zero-order chi connectivity index (χ0) is 16.0. The van der Waals surface area contributed by atoms with Crippen LogP contribution in [0.3, 0.4) is 0 Å². The second-order valence-electron chi connectivity index (χ2n) is 5.89. The van der Waals surface area contributed by atoms with Gasteiger partial charge in [-0.25, -0.2) is 0 Å². The monoisotopic (exact) mass is 343 g/mol. The molecule has 0 unspecified atom stereocenters. The van der Waals surface area contributed by atoms with Crippen LogP contribution in [-0.4, -0.2) is 21.5 Å². The molecule has 5 nitrogen and oxygen atoms in total. The van der Waals surface area contributed by atoms with Crippen LogP contribution >= 0.6 is 12.4 Å². The summed E-state index contributed by atoms with van der Waals surface area (Å²) in [6.07, 6.45) is 0. The summed E-state index contributed by atoms with van der Waals surface area (Å²) in [5.74, 6) is -0.155. The number of nitrogens with one attached hydrogen (secondary N) is 1. The zero-order valence-electron chi connectivity index (χ0n) is 13.2. The summed E-state index contributed by atoms with van der Waals surface area (Å²) in [6, 6.07) is 12.1. The Labute approximate surface area is 145 Å². The molecule has 0 spiro atoms. The van der Waals surface area contributed by atoms with E-state index in [1.54, 1.807) is 0 Å². The van der Waals surface area contributed by atoms with Crippen molar-refractivity contribution in [2.45, 2.75) is 20.0 Å². The van der Waals surface area contributed by atoms with Crippen LogP contribution in [0.4, 0.5) is 5.69 Å². The van der Waals surface area contributed by atoms with Gasteiger partial charge in [0.15, 0.2) is 5.69 Å². The number of fused-ring (bicyclic) bond motifs is 3. The molecule has 6 heteroatoms. The van der Waals surface area contributed by atoms with Gasteiger partial charge in [0.2, 0.25) is 5.88 Å². The molecule has 1 aromatic heterocycles. The van der Waals surface area contributed by atoms with E-state index >= 15 is 0 Å². The van der Waals surface area contributed by atoms with Crippen LogP contribution in [0.1, 0.15) is 18.1 Å². The van der Waals surface area contributed by atoms with Crippen molar-refractivity contribution in [2.24, 2.45) is 5.18 Å². The quantitative estimate of drug-likeness (QED) is 0.677. The molecule has 0 fully saturated rings. The van der Waals surface area contributed by atoms with Crippen molar-refractivity contribution in [3.8, 4) is 17.0 Å². The third-order valence-electron chi connectivity index (χ3n) is 4.66. The molecule has 0 saturated heterocycles. The highest BCUT2D eigenvalue weighted by molar-refractivity contribution is 6.00. The zero-order valence-corrected chi connectivity index (χ0v) is 14.1. The normalized spacial score (nSPS) is 13.7. The second kappa shape index (κ2) is 6.26. The third kappa shape index (κ3) is 2.37. The molecule has 0 saturated carbocycles. The maximum Gasteiger partial charge on any atom is 0.219 e. The van der Waals surface area contributed by atoms with Crippen molar-refractivity contribution in [1.29, 1.82) is 0 Å². The van der Waals surface area contributed by atoms with Gasteiger partial charge < -0.3 is 10.1 Å². The number of nitroso groups, excluding NO2 is 1. The first-order chi connectivity index (χ1) is 11.2. The highest BCUT2D eigenvalue weighted by atomic mass is 35.5. The molecule has 2 N–H and O–H groups in total. The summed E-state index contributed by atoms with van der Waals surface area (Å²) in [5, 5.41) is 13.7. The average Bonchev–Trinajstić information content (AvgIpc) is 3.14. The van der Waals surface area contributed by atoms with E-state index in [9.17, 15) is 10.0 Å². The Balaban J connectivity index is 0.00000169. The lowest BCUT2D eigenvalue weighted by Crippen LogP contribution is -2.14. The van der Waals surface area contributed by atoms with Gasteiger partial charge in [-0.1, -0.05) is 37.3 Å². The van der Waals surface area contributed by atoms with Crippen LogP contribution in [-0.2, 0) is 13.1 Å². The Morgan fingerprint density at radius 1 is 1.21 bits per heavy atom. The van der Waals surface area contributed by atoms with Crippen LogP contribution < -0.4 is 0 Å². The fraction of sp³-hybridized carbons (Fsp3) is 0.222. The van der Waals surface area contributed by atoms with Crippen LogP contribution in [0, 0.1) is 4.91 Å². The summed E-state index contributed by atoms with van der Waals surface area (Å²) in [7, 11) is 0. The Kier molecular flexibility index (Phi) is 4.30. The molecule has 0 amide bonds. The summed E-state index contributed by atoms with van der Waals surface area (Å²) in [5.41, 5.74) is 5.53. The molecule has 0 radical (unpaired) electrons. The number of nitrogens with zero attached hydrogens (tertiary/aromatic N) is 2. The number of benzene rings is 2. The standard InChI is InChI=1S/C18H17N3O2.ClH/c1-2-21-9-14-12(11-6-4-3-5-7-11)8-13-16(15(14)10-21)19-18(22)17(13)20-23;/h3-8,19,22H,2,9-10H2,1H3;1H. The molecule has 0 bridgehead atoms. The van der Waals surface area contributed by atoms with Gasteiger partial charge in [-0.2, -0.15) is 0 Å². The minimum Gasteiger partial charge on any atom is -0.493 e. The summed E-state index contributed by atoms with van der Waals surface area (Å²) >= 11 is 0. The number of aromatic hydroxyl groups is 1. The first-order valence-corrected chi connectivity index (χ1v) is 7.73. The van der Waals surface area contributed by atoms with Crippen molar-refractivity contribution in [3.63, 3.8) is 0 Å². The van der Waals surface area contributed by atoms with Crippen molar-refractivity contribution in [2.75, 3.05) is 6.54 Å². The molecular formula is C18H18ClN3O2. The van der Waals surface area contributed by atoms with Gasteiger partial charge in [0.25, 0.3) is 0 Å². The number of rotatable bonds is 3. The Morgan fingerprint density at radius 2 is 1.92 bits per heavy atom. The Morgan fingerprint density at radius 3 is 2.58 bits per heavy atom. The molecule has 3 aromatic rings. The van der Waals surface area contributed by atoms with Crippen molar-refractivity contribution in [1.82, 2.24) is 9.88 Å². The molecular weight excluding hydrogens is 326 g/mol. The SMILES string of the molecule is CCN1Cc2c(-c3ccccc3)cc3c(N=O)c(O)[nH]c3c2C1.Cl.